The first-order valence-electron chi connectivity index (χ1n) is 6.60. The van der Waals surface area contributed by atoms with Gasteiger partial charge in [-0.2, -0.15) is 5.10 Å². The zero-order chi connectivity index (χ0) is 15.6. The van der Waals surface area contributed by atoms with Crippen LogP contribution in [0.3, 0.4) is 0 Å². The zero-order valence-corrected chi connectivity index (χ0v) is 15.8. The minimum absolute atomic E-state index is 0.0340. The maximum atomic E-state index is 6.17. The summed E-state index contributed by atoms with van der Waals surface area (Å²) in [4.78, 5) is 0. The lowest BCUT2D eigenvalue weighted by atomic mass is 10.0. The molecule has 0 bridgehead atoms. The third-order valence-electron chi connectivity index (χ3n) is 3.40. The first-order valence-corrected chi connectivity index (χ1v) is 8.57. The number of hydrogen-bond donors (Lipinski definition) is 2. The highest BCUT2D eigenvalue weighted by atomic mass is 79.9. The highest BCUT2D eigenvalue weighted by Gasteiger charge is 2.18. The maximum absolute atomic E-state index is 6.17. The molecule has 4 nitrogen and oxygen atoms in total. The molecule has 7 heteroatoms. The van der Waals surface area contributed by atoms with E-state index in [1.54, 1.807) is 0 Å². The lowest BCUT2D eigenvalue weighted by Crippen LogP contribution is -2.30. The van der Waals surface area contributed by atoms with Crippen molar-refractivity contribution in [3.8, 4) is 0 Å². The highest BCUT2D eigenvalue weighted by Crippen LogP contribution is 2.29. The Balaban J connectivity index is 2.33. The molecule has 1 aromatic carbocycles. The van der Waals surface area contributed by atoms with E-state index < -0.39 is 0 Å². The molecule has 1 heterocycles. The average Bonchev–Trinajstić information content (AvgIpc) is 2.75. The van der Waals surface area contributed by atoms with Crippen LogP contribution in [-0.4, -0.2) is 9.78 Å². The van der Waals surface area contributed by atoms with E-state index in [0.29, 0.717) is 5.02 Å². The number of nitrogens with zero attached hydrogens (tertiary/aromatic N) is 2. The number of halogens is 3. The minimum atomic E-state index is -0.0340. The Morgan fingerprint density at radius 1 is 1.43 bits per heavy atom. The molecule has 0 aliphatic carbocycles. The van der Waals surface area contributed by atoms with Crippen LogP contribution < -0.4 is 11.3 Å². The van der Waals surface area contributed by atoms with Gasteiger partial charge >= 0.3 is 0 Å². The number of rotatable bonds is 5. The molecular weight excluding hydrogens is 419 g/mol. The predicted octanol–water partition coefficient (Wildman–Crippen LogP) is 4.14. The molecule has 0 saturated carbocycles. The largest absolute Gasteiger partial charge is 0.271 e. The molecule has 3 N–H and O–H groups in total. The molecule has 0 saturated heterocycles. The van der Waals surface area contributed by atoms with E-state index in [4.69, 9.17) is 17.4 Å². The van der Waals surface area contributed by atoms with Gasteiger partial charge in [-0.3, -0.25) is 16.0 Å². The van der Waals surface area contributed by atoms with Crippen LogP contribution in [0.1, 0.15) is 29.9 Å². The van der Waals surface area contributed by atoms with E-state index in [-0.39, 0.29) is 6.04 Å². The summed E-state index contributed by atoms with van der Waals surface area (Å²) in [6.45, 7) is 4.88. The summed E-state index contributed by atoms with van der Waals surface area (Å²) >= 11 is 13.2. The van der Waals surface area contributed by atoms with Crippen LogP contribution in [-0.2, 0) is 13.0 Å². The van der Waals surface area contributed by atoms with E-state index >= 15 is 0 Å². The standard InChI is InChI=1S/C14H17Br2ClN4/c1-3-21-13(14(16)8(2)20-21)7-12(19-18)9-4-5-10(15)11(17)6-9/h4-6,12,19H,3,7,18H2,1-2H3. The quantitative estimate of drug-likeness (QED) is 0.547. The third kappa shape index (κ3) is 3.68. The van der Waals surface area contributed by atoms with Gasteiger partial charge in [0, 0.05) is 17.4 Å². The fourth-order valence-corrected chi connectivity index (χ4v) is 3.14. The van der Waals surface area contributed by atoms with Crippen molar-refractivity contribution in [3.05, 3.63) is 49.1 Å². The van der Waals surface area contributed by atoms with Gasteiger partial charge in [-0.1, -0.05) is 17.7 Å². The van der Waals surface area contributed by atoms with Gasteiger partial charge in [0.15, 0.2) is 0 Å². The smallest absolute Gasteiger partial charge is 0.0738 e. The third-order valence-corrected chi connectivity index (χ3v) is 5.66. The van der Waals surface area contributed by atoms with Gasteiger partial charge in [0.05, 0.1) is 26.9 Å². The second-order valence-electron chi connectivity index (χ2n) is 4.76. The van der Waals surface area contributed by atoms with Gasteiger partial charge in [0.25, 0.3) is 0 Å². The monoisotopic (exact) mass is 434 g/mol. The Morgan fingerprint density at radius 2 is 2.14 bits per heavy atom. The van der Waals surface area contributed by atoms with E-state index in [1.165, 1.54) is 0 Å². The lowest BCUT2D eigenvalue weighted by molar-refractivity contribution is 0.516. The molecule has 2 rings (SSSR count). The Morgan fingerprint density at radius 3 is 2.71 bits per heavy atom. The normalized spacial score (nSPS) is 12.7. The van der Waals surface area contributed by atoms with Gasteiger partial charge in [-0.05, 0) is 63.4 Å². The van der Waals surface area contributed by atoms with Crippen LogP contribution >= 0.6 is 43.5 Å². The van der Waals surface area contributed by atoms with Gasteiger partial charge in [-0.15, -0.1) is 0 Å². The number of nitrogens with one attached hydrogen (secondary N) is 1. The molecular formula is C14H17Br2ClN4. The number of hydrazine groups is 1. The van der Waals surface area contributed by atoms with Crippen LogP contribution in [0.2, 0.25) is 5.02 Å². The van der Waals surface area contributed by atoms with Crippen LogP contribution in [0, 0.1) is 6.92 Å². The average molecular weight is 437 g/mol. The van der Waals surface area contributed by atoms with E-state index in [0.717, 1.165) is 38.9 Å². The fraction of sp³-hybridized carbons (Fsp3) is 0.357. The first kappa shape index (κ1) is 17.0. The van der Waals surface area contributed by atoms with E-state index in [2.05, 4.69) is 49.3 Å². The summed E-state index contributed by atoms with van der Waals surface area (Å²) in [6.07, 6.45) is 0.726. The topological polar surface area (TPSA) is 55.9 Å². The molecule has 21 heavy (non-hydrogen) atoms. The van der Waals surface area contributed by atoms with Gasteiger partial charge in [0.2, 0.25) is 0 Å². The molecule has 0 fully saturated rings. The summed E-state index contributed by atoms with van der Waals surface area (Å²) in [7, 11) is 0. The number of aromatic nitrogens is 2. The molecule has 0 aliphatic rings. The predicted molar refractivity (Wildman–Crippen MR) is 93.3 cm³/mol. The molecule has 1 unspecified atom stereocenters. The minimum Gasteiger partial charge on any atom is -0.271 e. The molecule has 1 atom stereocenters. The van der Waals surface area contributed by atoms with Crippen molar-refractivity contribution >= 4 is 43.5 Å². The van der Waals surface area contributed by atoms with Crippen molar-refractivity contribution in [3.63, 3.8) is 0 Å². The number of aryl methyl sites for hydroxylation is 2. The lowest BCUT2D eigenvalue weighted by Gasteiger charge is -2.18. The van der Waals surface area contributed by atoms with Crippen molar-refractivity contribution in [2.24, 2.45) is 5.84 Å². The van der Waals surface area contributed by atoms with Crippen molar-refractivity contribution in [1.29, 1.82) is 0 Å². The van der Waals surface area contributed by atoms with Crippen molar-refractivity contribution in [1.82, 2.24) is 15.2 Å². The zero-order valence-electron chi connectivity index (χ0n) is 11.8. The van der Waals surface area contributed by atoms with E-state index in [1.807, 2.05) is 29.8 Å². The second kappa shape index (κ2) is 7.24. The SMILES string of the molecule is CCn1nc(C)c(Br)c1CC(NN)c1ccc(Br)c(Cl)c1. The summed E-state index contributed by atoms with van der Waals surface area (Å²) in [5.74, 6) is 5.74. The Bertz CT molecular complexity index is 642. The van der Waals surface area contributed by atoms with E-state index in [9.17, 15) is 0 Å². The molecule has 2 aromatic rings. The Labute approximate surface area is 146 Å². The Hall–Kier alpha value is -0.400. The molecule has 114 valence electrons. The van der Waals surface area contributed by atoms with Gasteiger partial charge in [-0.25, -0.2) is 0 Å². The van der Waals surface area contributed by atoms with Crippen molar-refractivity contribution in [2.75, 3.05) is 0 Å². The Kier molecular flexibility index (Phi) is 5.85. The van der Waals surface area contributed by atoms with Crippen LogP contribution in [0.15, 0.2) is 27.1 Å². The van der Waals surface area contributed by atoms with Crippen molar-refractivity contribution in [2.45, 2.75) is 32.9 Å². The second-order valence-corrected chi connectivity index (χ2v) is 6.81. The summed E-state index contributed by atoms with van der Waals surface area (Å²) < 4.78 is 3.90. The van der Waals surface area contributed by atoms with Crippen molar-refractivity contribution < 1.29 is 0 Å². The molecule has 0 amide bonds. The molecule has 0 spiro atoms. The first-order chi connectivity index (χ1) is 9.97. The van der Waals surface area contributed by atoms with Gasteiger partial charge < -0.3 is 0 Å². The summed E-state index contributed by atoms with van der Waals surface area (Å²) in [5.41, 5.74) is 6.01. The van der Waals surface area contributed by atoms with Crippen LogP contribution in [0.5, 0.6) is 0 Å². The maximum Gasteiger partial charge on any atom is 0.0738 e. The molecule has 1 aromatic heterocycles. The van der Waals surface area contributed by atoms with Crippen LogP contribution in [0.25, 0.3) is 0 Å². The highest BCUT2D eigenvalue weighted by molar-refractivity contribution is 9.10. The number of hydrogen-bond acceptors (Lipinski definition) is 3. The molecule has 0 aliphatic heterocycles. The van der Waals surface area contributed by atoms with Gasteiger partial charge in [0.1, 0.15) is 0 Å². The summed E-state index contributed by atoms with van der Waals surface area (Å²) in [5, 5.41) is 5.18. The number of benzene rings is 1. The number of nitrogens with two attached hydrogens (primary N) is 1. The molecule has 0 radical (unpaired) electrons. The van der Waals surface area contributed by atoms with Crippen LogP contribution in [0.4, 0.5) is 0 Å². The fourth-order valence-electron chi connectivity index (χ4n) is 2.26. The summed E-state index contributed by atoms with van der Waals surface area (Å²) in [6, 6.07) is 5.82.